The molecule has 0 N–H and O–H groups in total. The van der Waals surface area contributed by atoms with Gasteiger partial charge in [0.05, 0.1) is 7.11 Å². The van der Waals surface area contributed by atoms with E-state index in [0.29, 0.717) is 0 Å². The van der Waals surface area contributed by atoms with Crippen molar-refractivity contribution in [3.63, 3.8) is 0 Å². The molecule has 4 nitrogen and oxygen atoms in total. The predicted molar refractivity (Wildman–Crippen MR) is 71.8 cm³/mol. The van der Waals surface area contributed by atoms with Crippen LogP contribution in [0.2, 0.25) is 0 Å². The van der Waals surface area contributed by atoms with E-state index in [-0.39, 0.29) is 0 Å². The molecule has 94 valence electrons. The zero-order chi connectivity index (χ0) is 12.5. The standard InChI is InChI=1S/C14H17N3O/c1-16-6-3-4-11(9-16)12-10-17-7-5-15-14(17)8-13(12)18-2/h4-5,7-8,10H,3,6,9H2,1-2H3. The highest BCUT2D eigenvalue weighted by atomic mass is 16.5. The van der Waals surface area contributed by atoms with Gasteiger partial charge < -0.3 is 14.0 Å². The first kappa shape index (κ1) is 11.3. The molecule has 0 aromatic carbocycles. The summed E-state index contributed by atoms with van der Waals surface area (Å²) < 4.78 is 7.53. The average molecular weight is 243 g/mol. The molecule has 0 saturated heterocycles. The van der Waals surface area contributed by atoms with Gasteiger partial charge in [-0.25, -0.2) is 4.98 Å². The van der Waals surface area contributed by atoms with Crippen LogP contribution in [0.1, 0.15) is 12.0 Å². The molecule has 2 aromatic heterocycles. The summed E-state index contributed by atoms with van der Waals surface area (Å²) in [5.74, 6) is 0.898. The molecule has 0 radical (unpaired) electrons. The summed E-state index contributed by atoms with van der Waals surface area (Å²) in [4.78, 5) is 6.61. The number of ether oxygens (including phenoxy) is 1. The summed E-state index contributed by atoms with van der Waals surface area (Å²) >= 11 is 0. The van der Waals surface area contributed by atoms with Gasteiger partial charge in [0.1, 0.15) is 11.4 Å². The molecular formula is C14H17N3O. The first-order valence-electron chi connectivity index (χ1n) is 6.16. The minimum absolute atomic E-state index is 0.898. The number of hydrogen-bond donors (Lipinski definition) is 0. The number of rotatable bonds is 2. The summed E-state index contributed by atoms with van der Waals surface area (Å²) in [5.41, 5.74) is 3.41. The van der Waals surface area contributed by atoms with Crippen LogP contribution in [0.5, 0.6) is 5.75 Å². The Bertz CT molecular complexity index is 600. The lowest BCUT2D eigenvalue weighted by atomic mass is 10.0. The summed E-state index contributed by atoms with van der Waals surface area (Å²) in [7, 11) is 3.86. The number of fused-ring (bicyclic) bond motifs is 1. The number of likely N-dealkylation sites (N-methyl/N-ethyl adjacent to an activating group) is 1. The van der Waals surface area contributed by atoms with Crippen molar-refractivity contribution in [2.45, 2.75) is 6.42 Å². The van der Waals surface area contributed by atoms with Crippen molar-refractivity contribution in [1.29, 1.82) is 0 Å². The Balaban J connectivity index is 2.11. The van der Waals surface area contributed by atoms with Gasteiger partial charge in [0.25, 0.3) is 0 Å². The molecule has 0 unspecified atom stereocenters. The molecule has 4 heteroatoms. The smallest absolute Gasteiger partial charge is 0.140 e. The van der Waals surface area contributed by atoms with E-state index >= 15 is 0 Å². The molecule has 0 spiro atoms. The van der Waals surface area contributed by atoms with Gasteiger partial charge in [-0.2, -0.15) is 0 Å². The summed E-state index contributed by atoms with van der Waals surface area (Å²) in [6.45, 7) is 2.09. The Morgan fingerprint density at radius 2 is 2.28 bits per heavy atom. The SMILES string of the molecule is COc1cc2nccn2cc1C1=CCCN(C)C1. The number of pyridine rings is 1. The van der Waals surface area contributed by atoms with Crippen molar-refractivity contribution >= 4 is 11.2 Å². The molecule has 1 aliphatic heterocycles. The fraction of sp³-hybridized carbons (Fsp3) is 0.357. The normalized spacial score (nSPS) is 16.9. The average Bonchev–Trinajstić information content (AvgIpc) is 2.84. The van der Waals surface area contributed by atoms with Crippen molar-refractivity contribution < 1.29 is 4.74 Å². The van der Waals surface area contributed by atoms with Crippen LogP contribution < -0.4 is 4.74 Å². The molecule has 3 rings (SSSR count). The van der Waals surface area contributed by atoms with E-state index in [4.69, 9.17) is 4.74 Å². The maximum atomic E-state index is 5.50. The predicted octanol–water partition coefficient (Wildman–Crippen LogP) is 2.06. The molecule has 0 bridgehead atoms. The molecule has 18 heavy (non-hydrogen) atoms. The zero-order valence-electron chi connectivity index (χ0n) is 10.8. The van der Waals surface area contributed by atoms with Crippen LogP contribution in [0.4, 0.5) is 0 Å². The third kappa shape index (κ3) is 1.88. The van der Waals surface area contributed by atoms with E-state index in [0.717, 1.165) is 36.5 Å². The van der Waals surface area contributed by atoms with Crippen molar-refractivity contribution in [1.82, 2.24) is 14.3 Å². The zero-order valence-corrected chi connectivity index (χ0v) is 10.8. The molecule has 2 aromatic rings. The third-order valence-corrected chi connectivity index (χ3v) is 3.40. The van der Waals surface area contributed by atoms with E-state index in [1.807, 2.05) is 16.7 Å². The molecule has 0 aliphatic carbocycles. The minimum Gasteiger partial charge on any atom is -0.496 e. The third-order valence-electron chi connectivity index (χ3n) is 3.40. The van der Waals surface area contributed by atoms with E-state index < -0.39 is 0 Å². The Morgan fingerprint density at radius 3 is 3.06 bits per heavy atom. The van der Waals surface area contributed by atoms with E-state index in [1.165, 1.54) is 5.57 Å². The highest BCUT2D eigenvalue weighted by Gasteiger charge is 2.15. The van der Waals surface area contributed by atoms with Crippen molar-refractivity contribution in [3.8, 4) is 5.75 Å². The Hall–Kier alpha value is -1.81. The Morgan fingerprint density at radius 1 is 1.39 bits per heavy atom. The van der Waals surface area contributed by atoms with Crippen LogP contribution in [0, 0.1) is 0 Å². The van der Waals surface area contributed by atoms with Crippen LogP contribution in [-0.2, 0) is 0 Å². The first-order chi connectivity index (χ1) is 8.78. The number of nitrogens with zero attached hydrogens (tertiary/aromatic N) is 3. The first-order valence-corrected chi connectivity index (χ1v) is 6.16. The van der Waals surface area contributed by atoms with Gasteiger partial charge in [0, 0.05) is 43.3 Å². The van der Waals surface area contributed by atoms with Crippen molar-refractivity contribution in [3.05, 3.63) is 36.3 Å². The molecule has 3 heterocycles. The topological polar surface area (TPSA) is 29.8 Å². The second-order valence-electron chi connectivity index (χ2n) is 4.70. The van der Waals surface area contributed by atoms with Gasteiger partial charge in [-0.1, -0.05) is 6.08 Å². The fourth-order valence-corrected chi connectivity index (χ4v) is 2.44. The molecule has 0 atom stereocenters. The number of aromatic nitrogens is 2. The second kappa shape index (κ2) is 4.46. The highest BCUT2D eigenvalue weighted by Crippen LogP contribution is 2.29. The molecule has 0 fully saturated rings. The van der Waals surface area contributed by atoms with Gasteiger partial charge in [-0.3, -0.25) is 0 Å². The van der Waals surface area contributed by atoms with Crippen LogP contribution in [0.3, 0.4) is 0 Å². The van der Waals surface area contributed by atoms with Gasteiger partial charge in [0.2, 0.25) is 0 Å². The summed E-state index contributed by atoms with van der Waals surface area (Å²) in [6, 6.07) is 1.99. The lowest BCUT2D eigenvalue weighted by molar-refractivity contribution is 0.370. The number of imidazole rings is 1. The molecule has 0 saturated carbocycles. The van der Waals surface area contributed by atoms with Crippen LogP contribution in [0.25, 0.3) is 11.2 Å². The summed E-state index contributed by atoms with van der Waals surface area (Å²) in [6.07, 6.45) is 9.27. The highest BCUT2D eigenvalue weighted by molar-refractivity contribution is 5.73. The van der Waals surface area contributed by atoms with E-state index in [1.54, 1.807) is 13.3 Å². The van der Waals surface area contributed by atoms with Gasteiger partial charge >= 0.3 is 0 Å². The molecule has 0 amide bonds. The van der Waals surface area contributed by atoms with E-state index in [2.05, 4.69) is 29.2 Å². The van der Waals surface area contributed by atoms with Gasteiger partial charge in [0.15, 0.2) is 0 Å². The largest absolute Gasteiger partial charge is 0.496 e. The van der Waals surface area contributed by atoms with Gasteiger partial charge in [-0.05, 0) is 19.0 Å². The Labute approximate surface area is 107 Å². The Kier molecular flexibility index (Phi) is 2.80. The maximum Gasteiger partial charge on any atom is 0.140 e. The quantitative estimate of drug-likeness (QED) is 0.808. The second-order valence-corrected chi connectivity index (χ2v) is 4.70. The van der Waals surface area contributed by atoms with E-state index in [9.17, 15) is 0 Å². The van der Waals surface area contributed by atoms with Crippen molar-refractivity contribution in [2.75, 3.05) is 27.2 Å². The summed E-state index contributed by atoms with van der Waals surface area (Å²) in [5, 5.41) is 0. The van der Waals surface area contributed by atoms with Crippen LogP contribution in [-0.4, -0.2) is 41.5 Å². The van der Waals surface area contributed by atoms with Crippen LogP contribution in [0.15, 0.2) is 30.7 Å². The number of methoxy groups -OCH3 is 1. The monoisotopic (exact) mass is 243 g/mol. The maximum absolute atomic E-state index is 5.50. The lowest BCUT2D eigenvalue weighted by Crippen LogP contribution is -2.25. The number of hydrogen-bond acceptors (Lipinski definition) is 3. The van der Waals surface area contributed by atoms with Gasteiger partial charge in [-0.15, -0.1) is 0 Å². The molecular weight excluding hydrogens is 226 g/mol. The lowest BCUT2D eigenvalue weighted by Gasteiger charge is -2.24. The fourth-order valence-electron chi connectivity index (χ4n) is 2.44. The van der Waals surface area contributed by atoms with Crippen LogP contribution >= 0.6 is 0 Å². The molecule has 1 aliphatic rings. The minimum atomic E-state index is 0.898. The van der Waals surface area contributed by atoms with Crippen molar-refractivity contribution in [2.24, 2.45) is 0 Å².